The summed E-state index contributed by atoms with van der Waals surface area (Å²) >= 11 is 0. The van der Waals surface area contributed by atoms with Gasteiger partial charge in [-0.1, -0.05) is 5.21 Å². The number of aryl methyl sites for hydroxylation is 2. The van der Waals surface area contributed by atoms with Crippen molar-refractivity contribution in [3.63, 3.8) is 0 Å². The zero-order valence-corrected chi connectivity index (χ0v) is 7.89. The molecule has 3 N–H and O–H groups in total. The second-order valence-corrected chi connectivity index (χ2v) is 3.02. The van der Waals surface area contributed by atoms with Crippen LogP contribution < -0.4 is 5.73 Å². The maximum Gasteiger partial charge on any atom is 0.219 e. The first-order chi connectivity index (χ1) is 6.72. The minimum Gasteiger partial charge on any atom is -0.396 e. The number of amides is 1. The topological polar surface area (TPSA) is 94.0 Å². The number of rotatable bonds is 6. The maximum atomic E-state index is 10.5. The molecule has 78 valence electrons. The van der Waals surface area contributed by atoms with E-state index in [4.69, 9.17) is 10.8 Å². The van der Waals surface area contributed by atoms with Gasteiger partial charge in [-0.2, -0.15) is 0 Å². The fourth-order valence-electron chi connectivity index (χ4n) is 1.05. The highest BCUT2D eigenvalue weighted by Gasteiger charge is 2.01. The molecular weight excluding hydrogens is 184 g/mol. The van der Waals surface area contributed by atoms with E-state index in [1.165, 1.54) is 0 Å². The number of nitrogens with two attached hydrogens (primary N) is 1. The molecule has 0 saturated heterocycles. The van der Waals surface area contributed by atoms with Gasteiger partial charge in [-0.15, -0.1) is 5.10 Å². The summed E-state index contributed by atoms with van der Waals surface area (Å²) in [5.74, 6) is -0.350. The third-order valence-electron chi connectivity index (χ3n) is 1.76. The molecule has 6 heteroatoms. The minimum atomic E-state index is -0.350. The third kappa shape index (κ3) is 3.53. The van der Waals surface area contributed by atoms with Gasteiger partial charge in [-0.25, -0.2) is 0 Å². The zero-order valence-electron chi connectivity index (χ0n) is 7.89. The predicted octanol–water partition coefficient (Wildman–Crippen LogP) is -0.922. The van der Waals surface area contributed by atoms with Crippen LogP contribution in [-0.4, -0.2) is 32.6 Å². The van der Waals surface area contributed by atoms with Crippen molar-refractivity contribution in [2.45, 2.75) is 25.8 Å². The molecule has 0 aliphatic rings. The first-order valence-corrected chi connectivity index (χ1v) is 4.50. The normalized spacial score (nSPS) is 10.4. The van der Waals surface area contributed by atoms with E-state index in [9.17, 15) is 4.79 Å². The Balaban J connectivity index is 2.38. The van der Waals surface area contributed by atoms with E-state index in [-0.39, 0.29) is 18.9 Å². The smallest absolute Gasteiger partial charge is 0.219 e. The van der Waals surface area contributed by atoms with Gasteiger partial charge in [0.2, 0.25) is 5.91 Å². The molecule has 0 aliphatic carbocycles. The Morgan fingerprint density at radius 3 is 3.07 bits per heavy atom. The Kier molecular flexibility index (Phi) is 4.06. The van der Waals surface area contributed by atoms with E-state index >= 15 is 0 Å². The summed E-state index contributed by atoms with van der Waals surface area (Å²) in [5, 5.41) is 16.3. The van der Waals surface area contributed by atoms with Gasteiger partial charge in [0.25, 0.3) is 0 Å². The van der Waals surface area contributed by atoms with E-state index < -0.39 is 0 Å². The molecule has 14 heavy (non-hydrogen) atoms. The molecule has 1 aromatic heterocycles. The van der Waals surface area contributed by atoms with Crippen LogP contribution in [0.25, 0.3) is 0 Å². The van der Waals surface area contributed by atoms with Crippen LogP contribution in [-0.2, 0) is 17.8 Å². The van der Waals surface area contributed by atoms with Gasteiger partial charge < -0.3 is 10.8 Å². The Morgan fingerprint density at radius 1 is 1.64 bits per heavy atom. The fraction of sp³-hybridized carbons (Fsp3) is 0.625. The minimum absolute atomic E-state index is 0.147. The Hall–Kier alpha value is -1.43. The van der Waals surface area contributed by atoms with E-state index in [2.05, 4.69) is 10.3 Å². The van der Waals surface area contributed by atoms with E-state index in [1.807, 2.05) is 0 Å². The number of aromatic nitrogens is 3. The first kappa shape index (κ1) is 10.6. The molecular formula is C8H14N4O2. The zero-order chi connectivity index (χ0) is 10.4. The molecule has 1 rings (SSSR count). The van der Waals surface area contributed by atoms with Crippen molar-refractivity contribution in [2.75, 3.05) is 6.61 Å². The number of nitrogens with zero attached hydrogens (tertiary/aromatic N) is 3. The summed E-state index contributed by atoms with van der Waals surface area (Å²) in [6.45, 7) is 0.607. The largest absolute Gasteiger partial charge is 0.396 e. The summed E-state index contributed by atoms with van der Waals surface area (Å²) in [5.41, 5.74) is 5.82. The third-order valence-corrected chi connectivity index (χ3v) is 1.76. The van der Waals surface area contributed by atoms with E-state index in [0.29, 0.717) is 19.4 Å². The lowest BCUT2D eigenvalue weighted by Gasteiger charge is -1.95. The van der Waals surface area contributed by atoms with Crippen molar-refractivity contribution < 1.29 is 9.90 Å². The molecule has 0 aromatic carbocycles. The SMILES string of the molecule is NC(=O)CCn1cc(CCCO)nn1. The van der Waals surface area contributed by atoms with Crippen molar-refractivity contribution in [1.82, 2.24) is 15.0 Å². The Bertz CT molecular complexity index is 297. The molecule has 0 spiro atoms. The summed E-state index contributed by atoms with van der Waals surface area (Å²) in [7, 11) is 0. The van der Waals surface area contributed by atoms with Gasteiger partial charge in [0.1, 0.15) is 0 Å². The predicted molar refractivity (Wildman–Crippen MR) is 49.2 cm³/mol. The number of aliphatic hydroxyl groups excluding tert-OH is 1. The Morgan fingerprint density at radius 2 is 2.43 bits per heavy atom. The van der Waals surface area contributed by atoms with Crippen LogP contribution in [0.1, 0.15) is 18.5 Å². The van der Waals surface area contributed by atoms with Crippen LogP contribution in [0.3, 0.4) is 0 Å². The second kappa shape index (κ2) is 5.33. The van der Waals surface area contributed by atoms with Crippen LogP contribution in [0.5, 0.6) is 0 Å². The summed E-state index contributed by atoms with van der Waals surface area (Å²) < 4.78 is 1.58. The Labute approximate surface area is 81.7 Å². The summed E-state index contributed by atoms with van der Waals surface area (Å²) in [6, 6.07) is 0. The molecule has 1 aromatic rings. The van der Waals surface area contributed by atoms with Crippen molar-refractivity contribution >= 4 is 5.91 Å². The fourth-order valence-corrected chi connectivity index (χ4v) is 1.05. The molecule has 0 aliphatic heterocycles. The van der Waals surface area contributed by atoms with E-state index in [1.54, 1.807) is 10.9 Å². The van der Waals surface area contributed by atoms with Gasteiger partial charge in [0, 0.05) is 19.2 Å². The standard InChI is InChI=1S/C8H14N4O2/c9-8(14)3-4-12-6-7(10-11-12)2-1-5-13/h6,13H,1-5H2,(H2,9,14). The molecule has 0 unspecified atom stereocenters. The first-order valence-electron chi connectivity index (χ1n) is 4.50. The van der Waals surface area contributed by atoms with Crippen LogP contribution >= 0.6 is 0 Å². The lowest BCUT2D eigenvalue weighted by atomic mass is 10.3. The maximum absolute atomic E-state index is 10.5. The molecule has 1 amide bonds. The average molecular weight is 198 g/mol. The van der Waals surface area contributed by atoms with Crippen molar-refractivity contribution in [3.8, 4) is 0 Å². The molecule has 1 heterocycles. The average Bonchev–Trinajstić information content (AvgIpc) is 2.59. The molecule has 6 nitrogen and oxygen atoms in total. The molecule has 0 bridgehead atoms. The van der Waals surface area contributed by atoms with Crippen LogP contribution in [0.4, 0.5) is 0 Å². The van der Waals surface area contributed by atoms with Gasteiger partial charge in [-0.3, -0.25) is 9.48 Å². The quantitative estimate of drug-likeness (QED) is 0.618. The number of aliphatic hydroxyl groups is 1. The highest BCUT2D eigenvalue weighted by Crippen LogP contribution is 1.98. The van der Waals surface area contributed by atoms with E-state index in [0.717, 1.165) is 5.69 Å². The molecule has 0 radical (unpaired) electrons. The highest BCUT2D eigenvalue weighted by molar-refractivity contribution is 5.73. The number of hydrogen-bond acceptors (Lipinski definition) is 4. The van der Waals surface area contributed by atoms with Crippen molar-refractivity contribution in [2.24, 2.45) is 5.73 Å². The van der Waals surface area contributed by atoms with Crippen LogP contribution in [0, 0.1) is 0 Å². The molecule has 0 saturated carbocycles. The van der Waals surface area contributed by atoms with Crippen LogP contribution in [0.15, 0.2) is 6.20 Å². The second-order valence-electron chi connectivity index (χ2n) is 3.02. The van der Waals surface area contributed by atoms with Gasteiger partial charge in [0.15, 0.2) is 0 Å². The van der Waals surface area contributed by atoms with Gasteiger partial charge in [-0.05, 0) is 12.8 Å². The molecule has 0 fully saturated rings. The molecule has 0 atom stereocenters. The summed E-state index contributed by atoms with van der Waals surface area (Å²) in [6.07, 6.45) is 3.41. The monoisotopic (exact) mass is 198 g/mol. The van der Waals surface area contributed by atoms with Crippen molar-refractivity contribution in [3.05, 3.63) is 11.9 Å². The number of carbonyl (C=O) groups excluding carboxylic acids is 1. The number of primary amides is 1. The summed E-state index contributed by atoms with van der Waals surface area (Å²) in [4.78, 5) is 10.5. The van der Waals surface area contributed by atoms with Crippen LogP contribution in [0.2, 0.25) is 0 Å². The van der Waals surface area contributed by atoms with Crippen molar-refractivity contribution in [1.29, 1.82) is 0 Å². The lowest BCUT2D eigenvalue weighted by Crippen LogP contribution is -2.14. The number of hydrogen-bond donors (Lipinski definition) is 2. The lowest BCUT2D eigenvalue weighted by molar-refractivity contribution is -0.118. The number of carbonyl (C=O) groups is 1. The van der Waals surface area contributed by atoms with Gasteiger partial charge in [0.05, 0.1) is 12.2 Å². The van der Waals surface area contributed by atoms with Gasteiger partial charge >= 0.3 is 0 Å². The highest BCUT2D eigenvalue weighted by atomic mass is 16.2.